The number of carbonyl (C=O) groups excluding carboxylic acids is 1. The molecule has 26 heavy (non-hydrogen) atoms. The smallest absolute Gasteiger partial charge is 0.162 e. The van der Waals surface area contributed by atoms with Crippen LogP contribution in [-0.4, -0.2) is 5.78 Å². The van der Waals surface area contributed by atoms with Crippen molar-refractivity contribution in [2.45, 2.75) is 39.5 Å². The van der Waals surface area contributed by atoms with Crippen molar-refractivity contribution < 1.29 is 4.79 Å². The fourth-order valence-electron chi connectivity index (χ4n) is 3.94. The van der Waals surface area contributed by atoms with Gasteiger partial charge in [-0.3, -0.25) is 4.79 Å². The van der Waals surface area contributed by atoms with Gasteiger partial charge in [0.1, 0.15) is 0 Å². The Kier molecular flexibility index (Phi) is 4.13. The van der Waals surface area contributed by atoms with Crippen LogP contribution in [0.25, 0.3) is 10.4 Å². The van der Waals surface area contributed by atoms with Crippen LogP contribution in [0.5, 0.6) is 0 Å². The standard InChI is InChI=1S/C21H20N2OS2/c1-12-14(10-22)19(18-5-4-17(26-18)13-6-7-25-11-13)20-15(23-12)8-21(2,3)9-16(20)24/h4-7,11,19,23H,8-9H2,1-3H3/t19-/m0/s1. The lowest BCUT2D eigenvalue weighted by atomic mass is 9.70. The van der Waals surface area contributed by atoms with E-state index in [0.29, 0.717) is 12.0 Å². The first kappa shape index (κ1) is 17.3. The number of hydrogen-bond acceptors (Lipinski definition) is 5. The van der Waals surface area contributed by atoms with Crippen LogP contribution in [0.4, 0.5) is 0 Å². The normalized spacial score (nSPS) is 22.1. The molecule has 0 unspecified atom stereocenters. The van der Waals surface area contributed by atoms with Gasteiger partial charge in [0.15, 0.2) is 5.78 Å². The summed E-state index contributed by atoms with van der Waals surface area (Å²) in [5, 5.41) is 17.3. The summed E-state index contributed by atoms with van der Waals surface area (Å²) in [6.45, 7) is 6.20. The van der Waals surface area contributed by atoms with Gasteiger partial charge in [0, 0.05) is 38.7 Å². The molecule has 5 heteroatoms. The number of thiophene rings is 2. The SMILES string of the molecule is CC1=C(C#N)[C@@H](c2ccc(-c3ccsc3)s2)C2=C(CC(C)(C)CC2=O)N1. The maximum atomic E-state index is 13.0. The van der Waals surface area contributed by atoms with Gasteiger partial charge in [0.2, 0.25) is 0 Å². The van der Waals surface area contributed by atoms with Gasteiger partial charge in [0.05, 0.1) is 17.6 Å². The molecule has 1 N–H and O–H groups in total. The Bertz CT molecular complexity index is 984. The van der Waals surface area contributed by atoms with Crippen molar-refractivity contribution in [2.75, 3.05) is 0 Å². The summed E-state index contributed by atoms with van der Waals surface area (Å²) in [6, 6.07) is 8.65. The Labute approximate surface area is 161 Å². The van der Waals surface area contributed by atoms with E-state index in [9.17, 15) is 10.1 Å². The third kappa shape index (κ3) is 2.84. The van der Waals surface area contributed by atoms with E-state index in [0.717, 1.165) is 28.3 Å². The van der Waals surface area contributed by atoms with Crippen molar-refractivity contribution in [3.63, 3.8) is 0 Å². The first-order valence-electron chi connectivity index (χ1n) is 8.66. The van der Waals surface area contributed by atoms with Crippen LogP contribution in [-0.2, 0) is 4.79 Å². The van der Waals surface area contributed by atoms with Crippen LogP contribution < -0.4 is 5.32 Å². The highest BCUT2D eigenvalue weighted by molar-refractivity contribution is 7.16. The van der Waals surface area contributed by atoms with E-state index in [-0.39, 0.29) is 17.1 Å². The Balaban J connectivity index is 1.83. The summed E-state index contributed by atoms with van der Waals surface area (Å²) < 4.78 is 0. The second-order valence-corrected chi connectivity index (χ2v) is 9.65. The van der Waals surface area contributed by atoms with Crippen molar-refractivity contribution in [1.29, 1.82) is 5.26 Å². The van der Waals surface area contributed by atoms with Crippen LogP contribution in [0.2, 0.25) is 0 Å². The Morgan fingerprint density at radius 2 is 2.08 bits per heavy atom. The number of dihydropyridines is 1. The molecule has 3 heterocycles. The summed E-state index contributed by atoms with van der Waals surface area (Å²) in [5.74, 6) is -0.0725. The highest BCUT2D eigenvalue weighted by Gasteiger charge is 2.41. The Morgan fingerprint density at radius 3 is 2.77 bits per heavy atom. The molecular formula is C21H20N2OS2. The molecule has 1 aliphatic heterocycles. The highest BCUT2D eigenvalue weighted by Crippen LogP contribution is 2.48. The van der Waals surface area contributed by atoms with Crippen molar-refractivity contribution >= 4 is 28.5 Å². The van der Waals surface area contributed by atoms with E-state index in [1.807, 2.05) is 6.92 Å². The molecule has 2 aromatic heterocycles. The van der Waals surface area contributed by atoms with Gasteiger partial charge >= 0.3 is 0 Å². The molecule has 2 aromatic rings. The van der Waals surface area contributed by atoms with Crippen molar-refractivity contribution in [3.8, 4) is 16.5 Å². The van der Waals surface area contributed by atoms with Gasteiger partial charge in [-0.05, 0) is 47.7 Å². The number of nitrogens with one attached hydrogen (secondary N) is 1. The zero-order valence-corrected chi connectivity index (χ0v) is 16.7. The number of ketones is 1. The first-order valence-corrected chi connectivity index (χ1v) is 10.4. The molecule has 0 amide bonds. The molecule has 132 valence electrons. The van der Waals surface area contributed by atoms with E-state index >= 15 is 0 Å². The number of nitrogens with zero attached hydrogens (tertiary/aromatic N) is 1. The fourth-order valence-corrected chi connectivity index (χ4v) is 5.79. The maximum Gasteiger partial charge on any atom is 0.162 e. The number of carbonyl (C=O) groups is 1. The van der Waals surface area contributed by atoms with Crippen LogP contribution in [0.15, 0.2) is 51.5 Å². The van der Waals surface area contributed by atoms with Crippen molar-refractivity contribution in [3.05, 3.63) is 56.4 Å². The van der Waals surface area contributed by atoms with Crippen molar-refractivity contribution in [2.24, 2.45) is 5.41 Å². The molecule has 2 aliphatic rings. The predicted octanol–water partition coefficient (Wildman–Crippen LogP) is 5.60. The molecule has 0 spiro atoms. The average molecular weight is 381 g/mol. The molecule has 0 aromatic carbocycles. The lowest BCUT2D eigenvalue weighted by Gasteiger charge is -2.38. The van der Waals surface area contributed by atoms with Crippen molar-refractivity contribution in [1.82, 2.24) is 5.32 Å². The van der Waals surface area contributed by atoms with Crippen LogP contribution in [0, 0.1) is 16.7 Å². The average Bonchev–Trinajstić information content (AvgIpc) is 3.23. The molecule has 0 saturated heterocycles. The fraction of sp³-hybridized carbons (Fsp3) is 0.333. The van der Waals surface area contributed by atoms with Gasteiger partial charge in [0.25, 0.3) is 0 Å². The molecule has 1 atom stereocenters. The van der Waals surface area contributed by atoms with E-state index < -0.39 is 0 Å². The first-order chi connectivity index (χ1) is 12.4. The summed E-state index contributed by atoms with van der Waals surface area (Å²) in [5.41, 5.74) is 4.48. The van der Waals surface area contributed by atoms with E-state index in [1.54, 1.807) is 22.7 Å². The second kappa shape index (κ2) is 6.22. The molecule has 1 aliphatic carbocycles. The van der Waals surface area contributed by atoms with Gasteiger partial charge in [-0.25, -0.2) is 0 Å². The largest absolute Gasteiger partial charge is 0.361 e. The second-order valence-electron chi connectivity index (χ2n) is 7.76. The quantitative estimate of drug-likeness (QED) is 0.737. The van der Waals surface area contributed by atoms with Crippen LogP contribution in [0.1, 0.15) is 44.4 Å². The molecule has 3 nitrogen and oxygen atoms in total. The third-order valence-electron chi connectivity index (χ3n) is 5.08. The van der Waals surface area contributed by atoms with Gasteiger partial charge in [-0.1, -0.05) is 13.8 Å². The number of hydrogen-bond donors (Lipinski definition) is 1. The zero-order valence-electron chi connectivity index (χ0n) is 15.1. The molecule has 0 bridgehead atoms. The van der Waals surface area contributed by atoms with Crippen LogP contribution >= 0.6 is 22.7 Å². The summed E-state index contributed by atoms with van der Waals surface area (Å²) in [6.07, 6.45) is 1.37. The lowest BCUT2D eigenvalue weighted by molar-refractivity contribution is -0.118. The molecular weight excluding hydrogens is 360 g/mol. The topological polar surface area (TPSA) is 52.9 Å². The summed E-state index contributed by atoms with van der Waals surface area (Å²) >= 11 is 3.36. The minimum atomic E-state index is -0.239. The van der Waals surface area contributed by atoms with Gasteiger partial charge in [-0.2, -0.15) is 16.6 Å². The van der Waals surface area contributed by atoms with Gasteiger partial charge < -0.3 is 5.32 Å². The number of Topliss-reactive ketones (excluding diaryl/α,β-unsaturated/α-hetero) is 1. The number of allylic oxidation sites excluding steroid dienone is 4. The van der Waals surface area contributed by atoms with E-state index in [1.165, 1.54) is 10.4 Å². The van der Waals surface area contributed by atoms with E-state index in [2.05, 4.69) is 54.2 Å². The van der Waals surface area contributed by atoms with Crippen LogP contribution in [0.3, 0.4) is 0 Å². The molecule has 0 radical (unpaired) electrons. The summed E-state index contributed by atoms with van der Waals surface area (Å²) in [4.78, 5) is 15.3. The third-order valence-corrected chi connectivity index (χ3v) is 6.96. The highest BCUT2D eigenvalue weighted by atomic mass is 32.1. The molecule has 4 rings (SSSR count). The Morgan fingerprint density at radius 1 is 1.27 bits per heavy atom. The zero-order chi connectivity index (χ0) is 18.5. The van der Waals surface area contributed by atoms with E-state index in [4.69, 9.17) is 0 Å². The molecule has 0 saturated carbocycles. The minimum Gasteiger partial charge on any atom is -0.361 e. The monoisotopic (exact) mass is 380 g/mol. The van der Waals surface area contributed by atoms with Gasteiger partial charge in [-0.15, -0.1) is 11.3 Å². The number of nitriles is 1. The minimum absolute atomic E-state index is 0.0464. The Hall–Kier alpha value is -2.16. The summed E-state index contributed by atoms with van der Waals surface area (Å²) in [7, 11) is 0. The predicted molar refractivity (Wildman–Crippen MR) is 107 cm³/mol. The number of rotatable bonds is 2. The lowest BCUT2D eigenvalue weighted by Crippen LogP contribution is -2.36. The molecule has 0 fully saturated rings. The maximum absolute atomic E-state index is 13.0.